The molecule has 0 unspecified atom stereocenters. The van der Waals surface area contributed by atoms with Gasteiger partial charge in [-0.15, -0.1) is 0 Å². The van der Waals surface area contributed by atoms with E-state index in [1.165, 1.54) is 0 Å². The van der Waals surface area contributed by atoms with Crippen LogP contribution in [0.4, 0.5) is 14.6 Å². The molecule has 2 fully saturated rings. The molecule has 0 amide bonds. The number of H-pyrrole nitrogens is 1. The fraction of sp³-hybridized carbons (Fsp3) is 0.368. The van der Waals surface area contributed by atoms with Crippen LogP contribution >= 0.6 is 0 Å². The van der Waals surface area contributed by atoms with Crippen molar-refractivity contribution in [3.05, 3.63) is 36.5 Å². The number of aromatic nitrogens is 3. The van der Waals surface area contributed by atoms with Gasteiger partial charge < -0.3 is 9.64 Å². The first-order valence-corrected chi connectivity index (χ1v) is 8.82. The smallest absolute Gasteiger partial charge is 0.150 e. The van der Waals surface area contributed by atoms with Gasteiger partial charge in [-0.05, 0) is 43.2 Å². The fourth-order valence-corrected chi connectivity index (χ4v) is 3.31. The molecule has 2 aromatic heterocycles. The maximum absolute atomic E-state index is 13.5. The number of aromatic amines is 1. The molecule has 3 heterocycles. The average molecular weight is 356 g/mol. The third-order valence-electron chi connectivity index (χ3n) is 4.89. The molecule has 5 nitrogen and oxygen atoms in total. The van der Waals surface area contributed by atoms with Crippen molar-refractivity contribution in [1.82, 2.24) is 15.2 Å². The zero-order valence-corrected chi connectivity index (χ0v) is 14.0. The lowest BCUT2D eigenvalue weighted by Gasteiger charge is -2.16. The summed E-state index contributed by atoms with van der Waals surface area (Å²) in [6, 6.07) is 9.55. The van der Waals surface area contributed by atoms with Crippen LogP contribution in [0.25, 0.3) is 22.2 Å². The molecule has 1 aromatic carbocycles. The lowest BCUT2D eigenvalue weighted by atomic mass is 10.1. The molecular weight excluding hydrogens is 338 g/mol. The quantitative estimate of drug-likeness (QED) is 0.775. The maximum Gasteiger partial charge on any atom is 0.150 e. The monoisotopic (exact) mass is 356 g/mol. The SMILES string of the molecule is F[C@H]1CN(c2cc(-c3n[nH]c4ccc(OC5CC5)cc34)ccn2)C[C@@H]1F. The van der Waals surface area contributed by atoms with E-state index in [4.69, 9.17) is 4.74 Å². The minimum absolute atomic E-state index is 0.0261. The van der Waals surface area contributed by atoms with Crippen LogP contribution in [0, 0.1) is 0 Å². The number of rotatable bonds is 4. The van der Waals surface area contributed by atoms with Gasteiger partial charge in [0.1, 0.15) is 17.3 Å². The molecule has 2 aliphatic rings. The highest BCUT2D eigenvalue weighted by atomic mass is 19.2. The average Bonchev–Trinajstić information content (AvgIpc) is 3.26. The van der Waals surface area contributed by atoms with Crippen molar-refractivity contribution in [2.45, 2.75) is 31.3 Å². The summed E-state index contributed by atoms with van der Waals surface area (Å²) in [6.07, 6.45) is 1.25. The molecule has 7 heteroatoms. The molecule has 1 aliphatic heterocycles. The van der Waals surface area contributed by atoms with Gasteiger partial charge >= 0.3 is 0 Å². The van der Waals surface area contributed by atoms with Crippen LogP contribution in [0.2, 0.25) is 0 Å². The van der Waals surface area contributed by atoms with E-state index < -0.39 is 12.3 Å². The molecule has 134 valence electrons. The molecule has 0 radical (unpaired) electrons. The Labute approximate surface area is 149 Å². The summed E-state index contributed by atoms with van der Waals surface area (Å²) in [5.41, 5.74) is 2.54. The summed E-state index contributed by atoms with van der Waals surface area (Å²) < 4.78 is 32.9. The number of pyridine rings is 1. The number of hydrogen-bond acceptors (Lipinski definition) is 4. The van der Waals surface area contributed by atoms with Gasteiger partial charge in [0.05, 0.1) is 24.7 Å². The van der Waals surface area contributed by atoms with Gasteiger partial charge in [-0.3, -0.25) is 5.10 Å². The van der Waals surface area contributed by atoms with Crippen molar-refractivity contribution in [3.8, 4) is 17.0 Å². The predicted octanol–water partition coefficient (Wildman–Crippen LogP) is 3.66. The van der Waals surface area contributed by atoms with E-state index in [-0.39, 0.29) is 13.1 Å². The summed E-state index contributed by atoms with van der Waals surface area (Å²) in [7, 11) is 0. The number of benzene rings is 1. The van der Waals surface area contributed by atoms with Crippen LogP contribution in [0.3, 0.4) is 0 Å². The normalized spacial score (nSPS) is 22.9. The lowest BCUT2D eigenvalue weighted by molar-refractivity contribution is 0.217. The van der Waals surface area contributed by atoms with E-state index in [1.807, 2.05) is 30.3 Å². The highest BCUT2D eigenvalue weighted by Gasteiger charge is 2.33. The number of halogens is 2. The Bertz CT molecular complexity index is 946. The Morgan fingerprint density at radius 2 is 1.88 bits per heavy atom. The first-order valence-electron chi connectivity index (χ1n) is 8.82. The minimum Gasteiger partial charge on any atom is -0.490 e. The lowest BCUT2D eigenvalue weighted by Crippen LogP contribution is -2.21. The Morgan fingerprint density at radius 1 is 1.08 bits per heavy atom. The third-order valence-corrected chi connectivity index (χ3v) is 4.89. The second kappa shape index (κ2) is 5.93. The van der Waals surface area contributed by atoms with Crippen molar-refractivity contribution < 1.29 is 13.5 Å². The van der Waals surface area contributed by atoms with E-state index in [0.717, 1.165) is 40.8 Å². The van der Waals surface area contributed by atoms with Crippen molar-refractivity contribution in [2.75, 3.05) is 18.0 Å². The first-order chi connectivity index (χ1) is 12.7. The molecule has 2 atom stereocenters. The summed E-state index contributed by atoms with van der Waals surface area (Å²) >= 11 is 0. The topological polar surface area (TPSA) is 54.0 Å². The molecule has 1 saturated heterocycles. The number of alkyl halides is 2. The van der Waals surface area contributed by atoms with Crippen LogP contribution in [0.5, 0.6) is 5.75 Å². The maximum atomic E-state index is 13.5. The second-order valence-corrected chi connectivity index (χ2v) is 6.94. The first kappa shape index (κ1) is 15.5. The number of nitrogens with zero attached hydrogens (tertiary/aromatic N) is 3. The molecule has 1 saturated carbocycles. The highest BCUT2D eigenvalue weighted by Crippen LogP contribution is 2.33. The summed E-state index contributed by atoms with van der Waals surface area (Å²) in [5, 5.41) is 8.40. The molecule has 3 aromatic rings. The zero-order chi connectivity index (χ0) is 17.7. The number of hydrogen-bond donors (Lipinski definition) is 1. The minimum atomic E-state index is -1.46. The van der Waals surface area contributed by atoms with E-state index in [1.54, 1.807) is 11.1 Å². The molecule has 1 N–H and O–H groups in total. The van der Waals surface area contributed by atoms with Crippen molar-refractivity contribution in [1.29, 1.82) is 0 Å². The van der Waals surface area contributed by atoms with Crippen molar-refractivity contribution in [2.24, 2.45) is 0 Å². The van der Waals surface area contributed by atoms with Gasteiger partial charge in [0.2, 0.25) is 0 Å². The zero-order valence-electron chi connectivity index (χ0n) is 14.0. The fourth-order valence-electron chi connectivity index (χ4n) is 3.31. The number of nitrogens with one attached hydrogen (secondary N) is 1. The summed E-state index contributed by atoms with van der Waals surface area (Å²) in [5.74, 6) is 1.39. The molecule has 1 aliphatic carbocycles. The second-order valence-electron chi connectivity index (χ2n) is 6.94. The largest absolute Gasteiger partial charge is 0.490 e. The van der Waals surface area contributed by atoms with Crippen LogP contribution in [-0.4, -0.2) is 46.7 Å². The van der Waals surface area contributed by atoms with E-state index >= 15 is 0 Å². The molecule has 26 heavy (non-hydrogen) atoms. The van der Waals surface area contributed by atoms with Crippen LogP contribution in [0.15, 0.2) is 36.5 Å². The van der Waals surface area contributed by atoms with Crippen LogP contribution in [0.1, 0.15) is 12.8 Å². The van der Waals surface area contributed by atoms with Crippen molar-refractivity contribution >= 4 is 16.7 Å². The Balaban J connectivity index is 1.50. The van der Waals surface area contributed by atoms with Gasteiger partial charge in [-0.25, -0.2) is 13.8 Å². The molecule has 0 spiro atoms. The highest BCUT2D eigenvalue weighted by molar-refractivity contribution is 5.94. The van der Waals surface area contributed by atoms with E-state index in [0.29, 0.717) is 11.9 Å². The summed E-state index contributed by atoms with van der Waals surface area (Å²) in [4.78, 5) is 5.91. The standard InChI is InChI=1S/C19H18F2N4O/c20-15-9-25(10-16(15)21)18-7-11(5-6-22-18)19-14-8-13(26-12-1-2-12)3-4-17(14)23-24-19/h3-8,12,15-16H,1-2,9-10H2,(H,23,24)/t15-,16-/m0/s1. The number of ether oxygens (including phenoxy) is 1. The molecule has 0 bridgehead atoms. The van der Waals surface area contributed by atoms with Gasteiger partial charge in [-0.2, -0.15) is 5.10 Å². The van der Waals surface area contributed by atoms with Gasteiger partial charge in [0.25, 0.3) is 0 Å². The Morgan fingerprint density at radius 3 is 2.65 bits per heavy atom. The summed E-state index contributed by atoms with van der Waals surface area (Å²) in [6.45, 7) is 0.0522. The third kappa shape index (κ3) is 2.77. The van der Waals surface area contributed by atoms with E-state index in [9.17, 15) is 8.78 Å². The molecular formula is C19H18F2N4O. The predicted molar refractivity (Wildman–Crippen MR) is 95.0 cm³/mol. The van der Waals surface area contributed by atoms with Gasteiger partial charge in [0.15, 0.2) is 12.3 Å². The van der Waals surface area contributed by atoms with Crippen molar-refractivity contribution in [3.63, 3.8) is 0 Å². The number of fused-ring (bicyclic) bond motifs is 1. The molecule has 5 rings (SSSR count). The van der Waals surface area contributed by atoms with Crippen LogP contribution in [-0.2, 0) is 0 Å². The number of anilines is 1. The van der Waals surface area contributed by atoms with E-state index in [2.05, 4.69) is 15.2 Å². The Kier molecular flexibility index (Phi) is 3.55. The van der Waals surface area contributed by atoms with Gasteiger partial charge in [0, 0.05) is 17.1 Å². The Hall–Kier alpha value is -2.70. The van der Waals surface area contributed by atoms with Crippen LogP contribution < -0.4 is 9.64 Å². The van der Waals surface area contributed by atoms with Gasteiger partial charge in [-0.1, -0.05) is 0 Å².